The van der Waals surface area contributed by atoms with Crippen LogP contribution in [0.5, 0.6) is 0 Å². The van der Waals surface area contributed by atoms with Gasteiger partial charge in [0.05, 0.1) is 23.7 Å². The first-order valence-corrected chi connectivity index (χ1v) is 11.4. The zero-order valence-corrected chi connectivity index (χ0v) is 18.5. The minimum absolute atomic E-state index is 0.565. The highest BCUT2D eigenvalue weighted by molar-refractivity contribution is 7.98. The van der Waals surface area contributed by atoms with Crippen molar-refractivity contribution in [2.45, 2.75) is 24.4 Å². The molecule has 2 heterocycles. The third-order valence-corrected chi connectivity index (χ3v) is 6.06. The summed E-state index contributed by atoms with van der Waals surface area (Å²) in [5, 5.41) is 9.01. The lowest BCUT2D eigenvalue weighted by Gasteiger charge is -2.13. The summed E-state index contributed by atoms with van der Waals surface area (Å²) in [6, 6.07) is 31.3. The number of hydrogen-bond acceptors (Lipinski definition) is 5. The van der Waals surface area contributed by atoms with Gasteiger partial charge in [0.15, 0.2) is 5.16 Å². The number of aryl methyl sites for hydroxylation is 1. The Hall–Kier alpha value is -3.64. The summed E-state index contributed by atoms with van der Waals surface area (Å²) in [7, 11) is 0. The Bertz CT molecular complexity index is 1300. The van der Waals surface area contributed by atoms with Crippen LogP contribution in [0.3, 0.4) is 0 Å². The molecule has 2 aromatic heterocycles. The van der Waals surface area contributed by atoms with Gasteiger partial charge in [-0.05, 0) is 5.56 Å². The fraction of sp³-hybridized carbons (Fsp3) is 0.115. The van der Waals surface area contributed by atoms with Gasteiger partial charge in [-0.1, -0.05) is 103 Å². The van der Waals surface area contributed by atoms with Gasteiger partial charge < -0.3 is 8.98 Å². The van der Waals surface area contributed by atoms with Crippen LogP contribution in [0.25, 0.3) is 22.5 Å². The monoisotopic (exact) mass is 438 g/mol. The van der Waals surface area contributed by atoms with Gasteiger partial charge >= 0.3 is 0 Å². The highest BCUT2D eigenvalue weighted by Gasteiger charge is 2.21. The molecule has 0 fully saturated rings. The van der Waals surface area contributed by atoms with E-state index in [4.69, 9.17) is 9.40 Å². The molecule has 0 N–H and O–H groups in total. The van der Waals surface area contributed by atoms with Gasteiger partial charge in [0, 0.05) is 18.1 Å². The Morgan fingerprint density at radius 3 is 2.03 bits per heavy atom. The molecule has 0 atom stereocenters. The zero-order valence-electron chi connectivity index (χ0n) is 17.7. The normalized spacial score (nSPS) is 11.0. The molecule has 3 aromatic carbocycles. The predicted octanol–water partition coefficient (Wildman–Crippen LogP) is 6.25. The molecule has 5 aromatic rings. The summed E-state index contributed by atoms with van der Waals surface area (Å²) in [5.74, 6) is 1.74. The van der Waals surface area contributed by atoms with Crippen molar-refractivity contribution in [2.75, 3.05) is 0 Å². The molecule has 158 valence electrons. The highest BCUT2D eigenvalue weighted by atomic mass is 32.2. The summed E-state index contributed by atoms with van der Waals surface area (Å²) >= 11 is 1.61. The highest BCUT2D eigenvalue weighted by Crippen LogP contribution is 2.37. The van der Waals surface area contributed by atoms with Gasteiger partial charge in [-0.3, -0.25) is 0 Å². The minimum atomic E-state index is 0.565. The van der Waals surface area contributed by atoms with E-state index in [2.05, 4.69) is 75.4 Å². The lowest BCUT2D eigenvalue weighted by molar-refractivity contribution is 0.485. The number of thioether (sulfide) groups is 1. The first-order chi connectivity index (χ1) is 15.8. The molecule has 0 amide bonds. The summed E-state index contributed by atoms with van der Waals surface area (Å²) in [5.41, 5.74) is 5.52. The second-order valence-electron chi connectivity index (χ2n) is 7.40. The largest absolute Gasteiger partial charge is 0.425 e. The molecule has 32 heavy (non-hydrogen) atoms. The SMILES string of the molecule is Cc1nnc(CSc2nc(-c3ccccc3)c(-c3ccccc3)n2Cc2ccccc2)o1. The average molecular weight is 439 g/mol. The fourth-order valence-corrected chi connectivity index (χ4v) is 4.50. The minimum Gasteiger partial charge on any atom is -0.425 e. The van der Waals surface area contributed by atoms with E-state index in [1.54, 1.807) is 18.7 Å². The first-order valence-electron chi connectivity index (χ1n) is 10.4. The maximum Gasteiger partial charge on any atom is 0.226 e. The molecular weight excluding hydrogens is 416 g/mol. The van der Waals surface area contributed by atoms with Crippen molar-refractivity contribution in [2.24, 2.45) is 0 Å². The van der Waals surface area contributed by atoms with Crippen molar-refractivity contribution in [3.05, 3.63) is 108 Å². The molecule has 0 aliphatic carbocycles. The van der Waals surface area contributed by atoms with Crippen molar-refractivity contribution in [3.63, 3.8) is 0 Å². The second-order valence-corrected chi connectivity index (χ2v) is 8.34. The Labute approximate surface area is 191 Å². The Balaban J connectivity index is 1.64. The molecule has 0 aliphatic heterocycles. The van der Waals surface area contributed by atoms with E-state index in [1.807, 2.05) is 30.3 Å². The standard InChI is InChI=1S/C26H22N4OS/c1-19-28-29-23(31-19)18-32-26-27-24(21-13-7-3-8-14-21)25(22-15-9-4-10-16-22)30(26)17-20-11-5-2-6-12-20/h2-16H,17-18H2,1H3. The van der Waals surface area contributed by atoms with Crippen molar-refractivity contribution in [1.82, 2.24) is 19.7 Å². The summed E-state index contributed by atoms with van der Waals surface area (Å²) in [6.45, 7) is 2.52. The lowest BCUT2D eigenvalue weighted by atomic mass is 10.0. The van der Waals surface area contributed by atoms with Crippen LogP contribution in [0.2, 0.25) is 0 Å². The number of benzene rings is 3. The third-order valence-electron chi connectivity index (χ3n) is 5.10. The van der Waals surface area contributed by atoms with E-state index in [-0.39, 0.29) is 0 Å². The van der Waals surface area contributed by atoms with Crippen molar-refractivity contribution in [1.29, 1.82) is 0 Å². The quantitative estimate of drug-likeness (QED) is 0.281. The molecule has 0 saturated heterocycles. The fourth-order valence-electron chi connectivity index (χ4n) is 3.66. The van der Waals surface area contributed by atoms with Gasteiger partial charge in [0.1, 0.15) is 0 Å². The molecule has 0 saturated carbocycles. The molecule has 0 radical (unpaired) electrons. The Kier molecular flexibility index (Phi) is 5.85. The molecule has 5 nitrogen and oxygen atoms in total. The Morgan fingerprint density at radius 1 is 0.781 bits per heavy atom. The molecule has 6 heteroatoms. The van der Waals surface area contributed by atoms with E-state index in [0.717, 1.165) is 34.2 Å². The van der Waals surface area contributed by atoms with Crippen LogP contribution in [-0.2, 0) is 12.3 Å². The van der Waals surface area contributed by atoms with E-state index >= 15 is 0 Å². The third kappa shape index (κ3) is 4.36. The van der Waals surface area contributed by atoms with E-state index in [9.17, 15) is 0 Å². The van der Waals surface area contributed by atoms with Gasteiger partial charge in [-0.15, -0.1) is 10.2 Å². The average Bonchev–Trinajstić information content (AvgIpc) is 3.42. The van der Waals surface area contributed by atoms with E-state index in [0.29, 0.717) is 17.5 Å². The van der Waals surface area contributed by atoms with E-state index in [1.165, 1.54) is 5.56 Å². The topological polar surface area (TPSA) is 56.7 Å². The molecule has 0 bridgehead atoms. The van der Waals surface area contributed by atoms with Gasteiger partial charge in [-0.2, -0.15) is 0 Å². The second kappa shape index (κ2) is 9.24. The predicted molar refractivity (Wildman–Crippen MR) is 127 cm³/mol. The van der Waals surface area contributed by atoms with Crippen LogP contribution >= 0.6 is 11.8 Å². The van der Waals surface area contributed by atoms with Crippen LogP contribution in [0, 0.1) is 6.92 Å². The molecule has 5 rings (SSSR count). The van der Waals surface area contributed by atoms with Crippen molar-refractivity contribution in [3.8, 4) is 22.5 Å². The first kappa shape index (κ1) is 20.3. The van der Waals surface area contributed by atoms with Gasteiger partial charge in [0.25, 0.3) is 0 Å². The van der Waals surface area contributed by atoms with Crippen LogP contribution in [-0.4, -0.2) is 19.7 Å². The van der Waals surface area contributed by atoms with E-state index < -0.39 is 0 Å². The Morgan fingerprint density at radius 2 is 1.41 bits per heavy atom. The van der Waals surface area contributed by atoms with Crippen molar-refractivity contribution < 1.29 is 4.42 Å². The van der Waals surface area contributed by atoms with Crippen molar-refractivity contribution >= 4 is 11.8 Å². The maximum atomic E-state index is 5.59. The maximum absolute atomic E-state index is 5.59. The number of rotatable bonds is 7. The van der Waals surface area contributed by atoms with Gasteiger partial charge in [0.2, 0.25) is 11.8 Å². The number of imidazole rings is 1. The lowest BCUT2D eigenvalue weighted by Crippen LogP contribution is -2.04. The van der Waals surface area contributed by atoms with Crippen LogP contribution in [0.15, 0.2) is 101 Å². The summed E-state index contributed by atoms with van der Waals surface area (Å²) < 4.78 is 7.88. The van der Waals surface area contributed by atoms with Crippen LogP contribution < -0.4 is 0 Å². The number of hydrogen-bond donors (Lipinski definition) is 0. The smallest absolute Gasteiger partial charge is 0.226 e. The molecule has 0 spiro atoms. The molecule has 0 unspecified atom stereocenters. The molecule has 0 aliphatic rings. The number of aromatic nitrogens is 4. The number of nitrogens with zero attached hydrogens (tertiary/aromatic N) is 4. The molecular formula is C26H22N4OS. The summed E-state index contributed by atoms with van der Waals surface area (Å²) in [6.07, 6.45) is 0. The van der Waals surface area contributed by atoms with Gasteiger partial charge in [-0.25, -0.2) is 4.98 Å². The zero-order chi connectivity index (χ0) is 21.8. The summed E-state index contributed by atoms with van der Waals surface area (Å²) in [4.78, 5) is 5.11. The van der Waals surface area contributed by atoms with Crippen LogP contribution in [0.1, 0.15) is 17.3 Å². The van der Waals surface area contributed by atoms with Crippen LogP contribution in [0.4, 0.5) is 0 Å².